The van der Waals surface area contributed by atoms with Crippen LogP contribution in [0, 0.1) is 0 Å². The number of aliphatic hydroxyl groups is 2. The van der Waals surface area contributed by atoms with Crippen LogP contribution in [0.25, 0.3) is 0 Å². The summed E-state index contributed by atoms with van der Waals surface area (Å²) in [6.45, 7) is 3.09. The second-order valence-corrected chi connectivity index (χ2v) is 10.9. The molecule has 0 spiro atoms. The maximum absolute atomic E-state index is 11.5. The highest BCUT2D eigenvalue weighted by Gasteiger charge is 2.46. The van der Waals surface area contributed by atoms with Crippen molar-refractivity contribution >= 4 is 16.3 Å². The number of amides is 1. The van der Waals surface area contributed by atoms with Crippen molar-refractivity contribution in [2.45, 2.75) is 134 Å². The average molecular weight is 552 g/mol. The van der Waals surface area contributed by atoms with Gasteiger partial charge in [0.25, 0.3) is 0 Å². The minimum absolute atomic E-state index is 0.302. The average Bonchev–Trinajstić information content (AvgIpc) is 2.83. The van der Waals surface area contributed by atoms with Gasteiger partial charge >= 0.3 is 10.4 Å². The van der Waals surface area contributed by atoms with E-state index in [4.69, 9.17) is 14.0 Å². The molecule has 0 aromatic heterocycles. The van der Waals surface area contributed by atoms with Crippen molar-refractivity contribution in [3.05, 3.63) is 12.2 Å². The van der Waals surface area contributed by atoms with Crippen LogP contribution < -0.4 is 5.32 Å². The molecular formula is C26H49NO9S. The van der Waals surface area contributed by atoms with Gasteiger partial charge in [-0.1, -0.05) is 76.9 Å². The molecule has 37 heavy (non-hydrogen) atoms. The minimum Gasteiger partial charge on any atom is -0.388 e. The summed E-state index contributed by atoms with van der Waals surface area (Å²) in [4.78, 5) is 11.5. The van der Waals surface area contributed by atoms with Gasteiger partial charge in [-0.15, -0.1) is 0 Å². The molecule has 0 saturated carbocycles. The van der Waals surface area contributed by atoms with E-state index in [0.717, 1.165) is 32.1 Å². The summed E-state index contributed by atoms with van der Waals surface area (Å²) in [6.07, 6.45) is 15.8. The molecule has 0 radical (unpaired) electrons. The lowest BCUT2D eigenvalue weighted by Gasteiger charge is -2.42. The fraction of sp³-hybridized carbons (Fsp3) is 0.885. The second-order valence-electron chi connectivity index (χ2n) is 9.77. The fourth-order valence-corrected chi connectivity index (χ4v) is 4.61. The molecule has 0 unspecified atom stereocenters. The van der Waals surface area contributed by atoms with E-state index in [-0.39, 0.29) is 0 Å². The Morgan fingerprint density at radius 3 is 1.97 bits per heavy atom. The molecule has 1 saturated heterocycles. The van der Waals surface area contributed by atoms with Crippen LogP contribution in [0.15, 0.2) is 12.2 Å². The Labute approximate surface area is 223 Å². The zero-order valence-electron chi connectivity index (χ0n) is 22.6. The van der Waals surface area contributed by atoms with E-state index in [1.807, 2.05) is 0 Å². The number of unbranched alkanes of at least 4 members (excludes halogenated alkanes) is 12. The smallest absolute Gasteiger partial charge is 0.388 e. The lowest BCUT2D eigenvalue weighted by Crippen LogP contribution is -2.64. The number of hydrogen-bond acceptors (Lipinski definition) is 8. The Bertz CT molecular complexity index is 732. The highest BCUT2D eigenvalue weighted by molar-refractivity contribution is 7.80. The molecule has 0 bridgehead atoms. The fourth-order valence-electron chi connectivity index (χ4n) is 4.30. The van der Waals surface area contributed by atoms with Crippen molar-refractivity contribution in [1.82, 2.24) is 5.32 Å². The summed E-state index contributed by atoms with van der Waals surface area (Å²) in [6, 6.07) is -1.04. The van der Waals surface area contributed by atoms with Gasteiger partial charge in [0.15, 0.2) is 6.29 Å². The SMILES string of the molecule is CCCCCCCC/C=C\CCCCCCCCO[C@@H]1O[C@H](COS(=O)(=O)O)[C@@H](O)[C@H](O)[C@H]1NC(C)=O. The van der Waals surface area contributed by atoms with Gasteiger partial charge in [0.1, 0.15) is 24.4 Å². The molecule has 1 fully saturated rings. The van der Waals surface area contributed by atoms with Crippen molar-refractivity contribution in [3.8, 4) is 0 Å². The van der Waals surface area contributed by atoms with Gasteiger partial charge in [0.2, 0.25) is 5.91 Å². The van der Waals surface area contributed by atoms with Gasteiger partial charge in [-0.3, -0.25) is 9.35 Å². The third kappa shape index (κ3) is 16.5. The van der Waals surface area contributed by atoms with Gasteiger partial charge in [0, 0.05) is 13.5 Å². The number of rotatable bonds is 21. The molecule has 0 aromatic carbocycles. The largest absolute Gasteiger partial charge is 0.397 e. The Morgan fingerprint density at radius 2 is 1.43 bits per heavy atom. The number of nitrogens with one attached hydrogen (secondary N) is 1. The van der Waals surface area contributed by atoms with Crippen LogP contribution in [0.3, 0.4) is 0 Å². The van der Waals surface area contributed by atoms with E-state index in [9.17, 15) is 23.4 Å². The first-order valence-corrected chi connectivity index (χ1v) is 15.2. The summed E-state index contributed by atoms with van der Waals surface area (Å²) in [5.74, 6) is -0.446. The third-order valence-electron chi connectivity index (χ3n) is 6.39. The summed E-state index contributed by atoms with van der Waals surface area (Å²) < 4.78 is 46.0. The zero-order chi connectivity index (χ0) is 27.5. The number of carbonyl (C=O) groups is 1. The highest BCUT2D eigenvalue weighted by Crippen LogP contribution is 2.23. The number of carbonyl (C=O) groups excluding carboxylic acids is 1. The molecule has 1 rings (SSSR count). The van der Waals surface area contributed by atoms with Gasteiger partial charge in [-0.25, -0.2) is 4.18 Å². The first kappa shape index (κ1) is 33.9. The molecule has 0 aliphatic carbocycles. The molecule has 1 aliphatic heterocycles. The molecule has 1 aliphatic rings. The van der Waals surface area contributed by atoms with Crippen LogP contribution in [0.2, 0.25) is 0 Å². The molecule has 218 valence electrons. The summed E-state index contributed by atoms with van der Waals surface area (Å²) in [7, 11) is -4.75. The van der Waals surface area contributed by atoms with Crippen LogP contribution in [-0.4, -0.2) is 72.9 Å². The summed E-state index contributed by atoms with van der Waals surface area (Å²) >= 11 is 0. The zero-order valence-corrected chi connectivity index (χ0v) is 23.4. The maximum Gasteiger partial charge on any atom is 0.397 e. The van der Waals surface area contributed by atoms with Gasteiger partial charge < -0.3 is 25.0 Å². The molecule has 11 heteroatoms. The summed E-state index contributed by atoms with van der Waals surface area (Å²) in [5, 5.41) is 23.1. The minimum atomic E-state index is -4.75. The van der Waals surface area contributed by atoms with E-state index in [0.29, 0.717) is 6.61 Å². The molecule has 1 heterocycles. The van der Waals surface area contributed by atoms with Gasteiger partial charge in [-0.05, 0) is 32.1 Å². The first-order chi connectivity index (χ1) is 17.7. The van der Waals surface area contributed by atoms with E-state index >= 15 is 0 Å². The topological polar surface area (TPSA) is 152 Å². The van der Waals surface area contributed by atoms with E-state index in [2.05, 4.69) is 28.6 Å². The Kier molecular flexibility index (Phi) is 18.3. The number of ether oxygens (including phenoxy) is 2. The number of hydrogen-bond donors (Lipinski definition) is 4. The summed E-state index contributed by atoms with van der Waals surface area (Å²) in [5.41, 5.74) is 0. The second kappa shape index (κ2) is 19.9. The van der Waals surface area contributed by atoms with Crippen LogP contribution in [0.4, 0.5) is 0 Å². The number of aliphatic hydroxyl groups excluding tert-OH is 2. The lowest BCUT2D eigenvalue weighted by molar-refractivity contribution is -0.269. The Hall–Kier alpha value is -1.08. The molecule has 1 amide bonds. The monoisotopic (exact) mass is 551 g/mol. The molecule has 4 N–H and O–H groups in total. The van der Waals surface area contributed by atoms with Crippen LogP contribution >= 0.6 is 0 Å². The molecule has 5 atom stereocenters. The Balaban J connectivity index is 2.21. The van der Waals surface area contributed by atoms with Gasteiger partial charge in [-0.2, -0.15) is 8.42 Å². The van der Waals surface area contributed by atoms with Crippen molar-refractivity contribution in [1.29, 1.82) is 0 Å². The van der Waals surface area contributed by atoms with Gasteiger partial charge in [0.05, 0.1) is 6.61 Å². The van der Waals surface area contributed by atoms with Crippen molar-refractivity contribution in [2.24, 2.45) is 0 Å². The quantitative estimate of drug-likeness (QED) is 0.0948. The standard InChI is InChI=1S/C26H49NO9S/c1-3-4-5-6-7-8-9-10-11-12-13-14-15-16-17-18-19-34-26-23(27-21(2)28)25(30)24(29)22(36-26)20-35-37(31,32)33/h10-11,22-26,29-30H,3-9,12-20H2,1-2H3,(H,27,28)(H,31,32,33)/b11-10-/t22-,23-,24-,25-,26-/m1/s1. The van der Waals surface area contributed by atoms with E-state index < -0.39 is 53.6 Å². The predicted molar refractivity (Wildman–Crippen MR) is 141 cm³/mol. The van der Waals surface area contributed by atoms with Crippen molar-refractivity contribution in [2.75, 3.05) is 13.2 Å². The van der Waals surface area contributed by atoms with Crippen molar-refractivity contribution in [3.63, 3.8) is 0 Å². The molecule has 10 nitrogen and oxygen atoms in total. The van der Waals surface area contributed by atoms with E-state index in [1.165, 1.54) is 64.7 Å². The van der Waals surface area contributed by atoms with E-state index in [1.54, 1.807) is 0 Å². The molecule has 0 aromatic rings. The normalized spacial score (nSPS) is 24.5. The third-order valence-corrected chi connectivity index (χ3v) is 6.82. The molecular weight excluding hydrogens is 502 g/mol. The van der Waals surface area contributed by atoms with Crippen LogP contribution in [0.1, 0.15) is 104 Å². The number of allylic oxidation sites excluding steroid dienone is 2. The highest BCUT2D eigenvalue weighted by atomic mass is 32.3. The van der Waals surface area contributed by atoms with Crippen LogP contribution in [0.5, 0.6) is 0 Å². The van der Waals surface area contributed by atoms with Crippen LogP contribution in [-0.2, 0) is 28.9 Å². The predicted octanol–water partition coefficient (Wildman–Crippen LogP) is 3.81. The maximum atomic E-state index is 11.5. The Morgan fingerprint density at radius 1 is 0.892 bits per heavy atom. The first-order valence-electron chi connectivity index (χ1n) is 13.8. The lowest BCUT2D eigenvalue weighted by atomic mass is 9.97. The van der Waals surface area contributed by atoms with Crippen molar-refractivity contribution < 1.29 is 41.6 Å².